The third-order valence-electron chi connectivity index (χ3n) is 1.69. The van der Waals surface area contributed by atoms with Crippen LogP contribution in [0, 0.1) is 6.92 Å². The molecule has 0 unspecified atom stereocenters. The third-order valence-corrected chi connectivity index (χ3v) is 1.69. The standard InChI is InChI=1S/C9H10N4O/c1-7-12-9(14-13-7)11-6-8-3-2-4-10-5-8/h2-5H,6H2,1H3,(H,11,12,13). The largest absolute Gasteiger partial charge is 0.334 e. The summed E-state index contributed by atoms with van der Waals surface area (Å²) in [6.45, 7) is 2.41. The number of aryl methyl sites for hydroxylation is 1. The van der Waals surface area contributed by atoms with Crippen molar-refractivity contribution in [2.24, 2.45) is 0 Å². The van der Waals surface area contributed by atoms with Crippen molar-refractivity contribution < 1.29 is 4.52 Å². The molecule has 5 nitrogen and oxygen atoms in total. The van der Waals surface area contributed by atoms with Gasteiger partial charge in [-0.3, -0.25) is 4.98 Å². The smallest absolute Gasteiger partial charge is 0.321 e. The Labute approximate surface area is 81.2 Å². The fourth-order valence-corrected chi connectivity index (χ4v) is 1.05. The van der Waals surface area contributed by atoms with Crippen LogP contribution in [0.3, 0.4) is 0 Å². The van der Waals surface area contributed by atoms with Crippen molar-refractivity contribution in [2.75, 3.05) is 5.32 Å². The Hall–Kier alpha value is -1.91. The zero-order valence-electron chi connectivity index (χ0n) is 7.77. The molecule has 0 bridgehead atoms. The first kappa shape index (κ1) is 8.68. The van der Waals surface area contributed by atoms with Crippen LogP contribution in [0.4, 0.5) is 6.01 Å². The highest BCUT2D eigenvalue weighted by atomic mass is 16.5. The first-order chi connectivity index (χ1) is 6.84. The van der Waals surface area contributed by atoms with E-state index in [-0.39, 0.29) is 0 Å². The molecule has 2 rings (SSSR count). The molecule has 72 valence electrons. The van der Waals surface area contributed by atoms with Gasteiger partial charge in [-0.15, -0.1) is 0 Å². The molecule has 0 radical (unpaired) electrons. The second-order valence-corrected chi connectivity index (χ2v) is 2.86. The average Bonchev–Trinajstić information content (AvgIpc) is 2.63. The van der Waals surface area contributed by atoms with E-state index in [4.69, 9.17) is 4.52 Å². The highest BCUT2D eigenvalue weighted by Gasteiger charge is 2.00. The van der Waals surface area contributed by atoms with E-state index in [1.807, 2.05) is 12.1 Å². The second-order valence-electron chi connectivity index (χ2n) is 2.86. The minimum absolute atomic E-state index is 0.436. The third kappa shape index (κ3) is 2.07. The van der Waals surface area contributed by atoms with Crippen molar-refractivity contribution in [1.29, 1.82) is 0 Å². The zero-order chi connectivity index (χ0) is 9.80. The molecule has 0 saturated carbocycles. The summed E-state index contributed by atoms with van der Waals surface area (Å²) in [6.07, 6.45) is 3.52. The number of hydrogen-bond acceptors (Lipinski definition) is 5. The molecule has 1 N–H and O–H groups in total. The highest BCUT2D eigenvalue weighted by molar-refractivity contribution is 5.21. The van der Waals surface area contributed by atoms with Gasteiger partial charge in [-0.1, -0.05) is 11.2 Å². The van der Waals surface area contributed by atoms with Crippen LogP contribution >= 0.6 is 0 Å². The zero-order valence-corrected chi connectivity index (χ0v) is 7.77. The lowest BCUT2D eigenvalue weighted by molar-refractivity contribution is 0.425. The summed E-state index contributed by atoms with van der Waals surface area (Å²) in [7, 11) is 0. The first-order valence-electron chi connectivity index (χ1n) is 4.28. The van der Waals surface area contributed by atoms with Gasteiger partial charge in [-0.25, -0.2) is 0 Å². The summed E-state index contributed by atoms with van der Waals surface area (Å²) in [5.41, 5.74) is 1.07. The number of nitrogens with one attached hydrogen (secondary N) is 1. The summed E-state index contributed by atoms with van der Waals surface area (Å²) in [5.74, 6) is 0.624. The van der Waals surface area contributed by atoms with E-state index < -0.39 is 0 Å². The number of aromatic nitrogens is 3. The van der Waals surface area contributed by atoms with Gasteiger partial charge in [0, 0.05) is 18.9 Å². The van der Waals surface area contributed by atoms with Gasteiger partial charge in [0.2, 0.25) is 0 Å². The first-order valence-corrected chi connectivity index (χ1v) is 4.28. The van der Waals surface area contributed by atoms with E-state index in [0.717, 1.165) is 5.56 Å². The fraction of sp³-hybridized carbons (Fsp3) is 0.222. The van der Waals surface area contributed by atoms with Crippen molar-refractivity contribution in [3.8, 4) is 0 Å². The number of nitrogens with zero attached hydrogens (tertiary/aromatic N) is 3. The predicted octanol–water partition coefficient (Wildman–Crippen LogP) is 1.39. The Kier molecular flexibility index (Phi) is 2.40. The molecule has 2 heterocycles. The lowest BCUT2D eigenvalue weighted by Crippen LogP contribution is -1.99. The van der Waals surface area contributed by atoms with Gasteiger partial charge in [0.25, 0.3) is 0 Å². The van der Waals surface area contributed by atoms with Crippen molar-refractivity contribution in [2.45, 2.75) is 13.5 Å². The maximum atomic E-state index is 4.89. The summed E-state index contributed by atoms with van der Waals surface area (Å²) in [6, 6.07) is 4.30. The molecule has 5 heteroatoms. The fourth-order valence-electron chi connectivity index (χ4n) is 1.05. The molecule has 0 aromatic carbocycles. The monoisotopic (exact) mass is 190 g/mol. The van der Waals surface area contributed by atoms with Crippen LogP contribution in [0.5, 0.6) is 0 Å². The second kappa shape index (κ2) is 3.87. The molecule has 0 amide bonds. The van der Waals surface area contributed by atoms with E-state index in [2.05, 4.69) is 20.4 Å². The van der Waals surface area contributed by atoms with Crippen molar-refractivity contribution in [3.05, 3.63) is 35.9 Å². The highest BCUT2D eigenvalue weighted by Crippen LogP contribution is 2.04. The van der Waals surface area contributed by atoms with Crippen LogP contribution in [-0.2, 0) is 6.54 Å². The van der Waals surface area contributed by atoms with Crippen molar-refractivity contribution in [1.82, 2.24) is 15.1 Å². The van der Waals surface area contributed by atoms with Gasteiger partial charge < -0.3 is 9.84 Å². The van der Waals surface area contributed by atoms with E-state index in [1.54, 1.807) is 19.3 Å². The molecule has 0 spiro atoms. The van der Waals surface area contributed by atoms with Gasteiger partial charge in [-0.05, 0) is 18.6 Å². The Balaban J connectivity index is 1.95. The Morgan fingerprint density at radius 1 is 1.50 bits per heavy atom. The van der Waals surface area contributed by atoms with Crippen LogP contribution in [0.1, 0.15) is 11.4 Å². The average molecular weight is 190 g/mol. The van der Waals surface area contributed by atoms with E-state index in [0.29, 0.717) is 18.4 Å². The molecule has 0 aliphatic heterocycles. The Morgan fingerprint density at radius 3 is 3.07 bits per heavy atom. The van der Waals surface area contributed by atoms with E-state index in [1.165, 1.54) is 0 Å². The van der Waals surface area contributed by atoms with Crippen molar-refractivity contribution >= 4 is 6.01 Å². The molecule has 0 aliphatic rings. The lowest BCUT2D eigenvalue weighted by atomic mass is 10.3. The Morgan fingerprint density at radius 2 is 2.43 bits per heavy atom. The molecule has 2 aromatic heterocycles. The molecule has 14 heavy (non-hydrogen) atoms. The summed E-state index contributed by atoms with van der Waals surface area (Å²) < 4.78 is 4.89. The molecule has 0 atom stereocenters. The minimum atomic E-state index is 0.436. The number of pyridine rings is 1. The number of rotatable bonds is 3. The summed E-state index contributed by atoms with van der Waals surface area (Å²) >= 11 is 0. The van der Waals surface area contributed by atoms with Crippen LogP contribution < -0.4 is 5.32 Å². The molecule has 0 fully saturated rings. The summed E-state index contributed by atoms with van der Waals surface area (Å²) in [5, 5.41) is 6.67. The minimum Gasteiger partial charge on any atom is -0.334 e. The lowest BCUT2D eigenvalue weighted by Gasteiger charge is -1.99. The van der Waals surface area contributed by atoms with Gasteiger partial charge in [-0.2, -0.15) is 4.98 Å². The van der Waals surface area contributed by atoms with E-state index in [9.17, 15) is 0 Å². The predicted molar refractivity (Wildman–Crippen MR) is 50.6 cm³/mol. The maximum Gasteiger partial charge on any atom is 0.321 e. The molecule has 0 saturated heterocycles. The molecular weight excluding hydrogens is 180 g/mol. The quantitative estimate of drug-likeness (QED) is 0.792. The van der Waals surface area contributed by atoms with Gasteiger partial charge in [0.05, 0.1) is 0 Å². The van der Waals surface area contributed by atoms with Crippen molar-refractivity contribution in [3.63, 3.8) is 0 Å². The summed E-state index contributed by atoms with van der Waals surface area (Å²) in [4.78, 5) is 8.01. The van der Waals surface area contributed by atoms with Crippen LogP contribution in [0.2, 0.25) is 0 Å². The van der Waals surface area contributed by atoms with Gasteiger partial charge in [0.1, 0.15) is 0 Å². The van der Waals surface area contributed by atoms with Crippen LogP contribution in [0.25, 0.3) is 0 Å². The molecular formula is C9H10N4O. The normalized spacial score (nSPS) is 10.1. The maximum absolute atomic E-state index is 4.89. The van der Waals surface area contributed by atoms with Crippen LogP contribution in [-0.4, -0.2) is 15.1 Å². The number of hydrogen-bond donors (Lipinski definition) is 1. The molecule has 2 aromatic rings. The van der Waals surface area contributed by atoms with E-state index >= 15 is 0 Å². The number of anilines is 1. The van der Waals surface area contributed by atoms with Gasteiger partial charge >= 0.3 is 6.01 Å². The SMILES string of the molecule is Cc1noc(NCc2cccnc2)n1. The Bertz CT molecular complexity index is 398. The molecule has 0 aliphatic carbocycles. The van der Waals surface area contributed by atoms with Crippen LogP contribution in [0.15, 0.2) is 29.0 Å². The van der Waals surface area contributed by atoms with Gasteiger partial charge in [0.15, 0.2) is 5.82 Å². The topological polar surface area (TPSA) is 63.8 Å².